The summed E-state index contributed by atoms with van der Waals surface area (Å²) < 4.78 is 38.1. The molecule has 0 aliphatic carbocycles. The van der Waals surface area contributed by atoms with Gasteiger partial charge in [0.25, 0.3) is 11.7 Å². The van der Waals surface area contributed by atoms with E-state index in [0.717, 1.165) is 17.0 Å². The van der Waals surface area contributed by atoms with Gasteiger partial charge in [-0.05, 0) is 43.3 Å². The fourth-order valence-electron chi connectivity index (χ4n) is 3.51. The highest BCUT2D eigenvalue weighted by Gasteiger charge is 2.48. The number of hydrogen-bond acceptors (Lipinski definition) is 5. The van der Waals surface area contributed by atoms with Crippen molar-refractivity contribution >= 4 is 23.1 Å². The molecule has 0 saturated carbocycles. The highest BCUT2D eigenvalue weighted by atomic mass is 19.2. The first-order valence-electron chi connectivity index (χ1n) is 9.45. The number of hydrogen-bond donors (Lipinski definition) is 1. The van der Waals surface area contributed by atoms with E-state index in [4.69, 9.17) is 9.15 Å². The van der Waals surface area contributed by atoms with Crippen LogP contribution in [0.25, 0.3) is 5.76 Å². The maximum absolute atomic E-state index is 13.9. The zero-order valence-corrected chi connectivity index (χ0v) is 16.3. The third-order valence-corrected chi connectivity index (χ3v) is 4.86. The summed E-state index contributed by atoms with van der Waals surface area (Å²) in [7, 11) is 0. The molecule has 158 valence electrons. The molecule has 1 N–H and O–H groups in total. The van der Waals surface area contributed by atoms with Gasteiger partial charge in [-0.3, -0.25) is 14.5 Å². The molecule has 6 nitrogen and oxygen atoms in total. The molecule has 1 aliphatic rings. The molecule has 1 aromatic heterocycles. The van der Waals surface area contributed by atoms with Crippen LogP contribution >= 0.6 is 0 Å². The molecule has 1 amide bonds. The summed E-state index contributed by atoms with van der Waals surface area (Å²) in [5, 5.41) is 11.0. The lowest BCUT2D eigenvalue weighted by atomic mass is 9.99. The third-order valence-electron chi connectivity index (χ3n) is 4.86. The Bertz CT molecular complexity index is 1190. The molecule has 0 spiro atoms. The highest BCUT2D eigenvalue weighted by Crippen LogP contribution is 2.42. The number of furan rings is 1. The van der Waals surface area contributed by atoms with Crippen molar-refractivity contribution in [2.75, 3.05) is 11.5 Å². The van der Waals surface area contributed by atoms with Gasteiger partial charge in [-0.25, -0.2) is 8.78 Å². The Hall–Kier alpha value is -3.94. The summed E-state index contributed by atoms with van der Waals surface area (Å²) >= 11 is 0. The van der Waals surface area contributed by atoms with E-state index in [2.05, 4.69) is 0 Å². The van der Waals surface area contributed by atoms with Crippen molar-refractivity contribution in [2.45, 2.75) is 13.0 Å². The van der Waals surface area contributed by atoms with E-state index < -0.39 is 35.1 Å². The average Bonchev–Trinajstić information content (AvgIpc) is 3.37. The number of aliphatic hydroxyl groups is 1. The molecule has 2 heterocycles. The zero-order chi connectivity index (χ0) is 22.1. The second kappa shape index (κ2) is 8.06. The highest BCUT2D eigenvalue weighted by molar-refractivity contribution is 6.51. The molecule has 3 aromatic rings. The zero-order valence-electron chi connectivity index (χ0n) is 16.3. The maximum atomic E-state index is 13.9. The number of aliphatic hydroxyl groups excluding tert-OH is 1. The number of anilines is 1. The van der Waals surface area contributed by atoms with Crippen molar-refractivity contribution in [3.05, 3.63) is 89.4 Å². The van der Waals surface area contributed by atoms with Crippen LogP contribution in [-0.4, -0.2) is 23.4 Å². The summed E-state index contributed by atoms with van der Waals surface area (Å²) in [6.45, 7) is 2.20. The molecule has 0 bridgehead atoms. The summed E-state index contributed by atoms with van der Waals surface area (Å²) in [5.41, 5.74) is -0.0337. The van der Waals surface area contributed by atoms with Crippen LogP contribution in [0.4, 0.5) is 14.5 Å². The van der Waals surface area contributed by atoms with E-state index in [9.17, 15) is 23.5 Å². The van der Waals surface area contributed by atoms with Gasteiger partial charge >= 0.3 is 0 Å². The fourth-order valence-corrected chi connectivity index (χ4v) is 3.51. The van der Waals surface area contributed by atoms with Gasteiger partial charge in [0.2, 0.25) is 0 Å². The van der Waals surface area contributed by atoms with Crippen molar-refractivity contribution in [2.24, 2.45) is 0 Å². The van der Waals surface area contributed by atoms with Crippen molar-refractivity contribution in [1.82, 2.24) is 0 Å². The van der Waals surface area contributed by atoms with Gasteiger partial charge in [-0.2, -0.15) is 0 Å². The van der Waals surface area contributed by atoms with Gasteiger partial charge in [-0.15, -0.1) is 0 Å². The number of halogens is 2. The molecule has 1 aliphatic heterocycles. The van der Waals surface area contributed by atoms with E-state index in [0.29, 0.717) is 12.4 Å². The molecule has 1 saturated heterocycles. The van der Waals surface area contributed by atoms with E-state index in [1.165, 1.54) is 24.5 Å². The molecular formula is C23H17F2NO5. The second-order valence-electron chi connectivity index (χ2n) is 6.74. The van der Waals surface area contributed by atoms with Crippen molar-refractivity contribution < 1.29 is 32.6 Å². The van der Waals surface area contributed by atoms with Crippen LogP contribution < -0.4 is 9.64 Å². The summed E-state index contributed by atoms with van der Waals surface area (Å²) in [5.74, 6) is -4.06. The van der Waals surface area contributed by atoms with Crippen molar-refractivity contribution in [3.63, 3.8) is 0 Å². The molecule has 2 aromatic carbocycles. The second-order valence-corrected chi connectivity index (χ2v) is 6.74. The molecule has 31 heavy (non-hydrogen) atoms. The van der Waals surface area contributed by atoms with Gasteiger partial charge in [0, 0.05) is 17.3 Å². The van der Waals surface area contributed by atoms with E-state index >= 15 is 0 Å². The first-order valence-corrected chi connectivity index (χ1v) is 9.45. The molecular weight excluding hydrogens is 408 g/mol. The molecule has 1 unspecified atom stereocenters. The van der Waals surface area contributed by atoms with Gasteiger partial charge in [-0.1, -0.05) is 12.1 Å². The Labute approximate surface area is 176 Å². The van der Waals surface area contributed by atoms with Crippen LogP contribution in [0, 0.1) is 11.6 Å². The predicted molar refractivity (Wildman–Crippen MR) is 107 cm³/mol. The number of ether oxygens (including phenoxy) is 1. The monoisotopic (exact) mass is 425 g/mol. The third kappa shape index (κ3) is 3.56. The number of nitrogens with zero attached hydrogens (tertiary/aromatic N) is 1. The van der Waals surface area contributed by atoms with Crippen LogP contribution in [0.2, 0.25) is 0 Å². The number of carbonyl (C=O) groups is 2. The molecule has 0 radical (unpaired) electrons. The van der Waals surface area contributed by atoms with E-state index in [1.54, 1.807) is 31.2 Å². The van der Waals surface area contributed by atoms with Crippen molar-refractivity contribution in [1.29, 1.82) is 0 Å². The average molecular weight is 425 g/mol. The summed E-state index contributed by atoms with van der Waals surface area (Å²) in [6, 6.07) is 11.2. The largest absolute Gasteiger partial charge is 0.507 e. The van der Waals surface area contributed by atoms with Crippen LogP contribution in [-0.2, 0) is 9.59 Å². The fraction of sp³-hybridized carbons (Fsp3) is 0.130. The number of carbonyl (C=O) groups excluding carboxylic acids is 2. The maximum Gasteiger partial charge on any atom is 0.300 e. The normalized spacial score (nSPS) is 17.9. The Morgan fingerprint density at radius 2 is 1.90 bits per heavy atom. The lowest BCUT2D eigenvalue weighted by molar-refractivity contribution is -0.132. The Kier molecular flexibility index (Phi) is 5.29. The minimum absolute atomic E-state index is 0.0514. The summed E-state index contributed by atoms with van der Waals surface area (Å²) in [6.07, 6.45) is 1.34. The molecule has 8 heteroatoms. The van der Waals surface area contributed by atoms with Gasteiger partial charge in [0.05, 0.1) is 18.4 Å². The van der Waals surface area contributed by atoms with Crippen LogP contribution in [0.15, 0.2) is 70.9 Å². The minimum atomic E-state index is -1.18. The Morgan fingerprint density at radius 3 is 2.58 bits per heavy atom. The number of amides is 1. The van der Waals surface area contributed by atoms with Crippen LogP contribution in [0.1, 0.15) is 24.3 Å². The number of Topliss-reactive ketones (excluding diaryl/α,β-unsaturated/α-hetero) is 1. The van der Waals surface area contributed by atoms with Crippen LogP contribution in [0.3, 0.4) is 0 Å². The smallest absolute Gasteiger partial charge is 0.300 e. The van der Waals surface area contributed by atoms with Crippen molar-refractivity contribution in [3.8, 4) is 5.75 Å². The molecule has 4 rings (SSSR count). The quantitative estimate of drug-likeness (QED) is 0.368. The topological polar surface area (TPSA) is 80.0 Å². The van der Waals surface area contributed by atoms with Gasteiger partial charge < -0.3 is 14.3 Å². The van der Waals surface area contributed by atoms with Crippen LogP contribution in [0.5, 0.6) is 5.75 Å². The molecule has 1 atom stereocenters. The van der Waals surface area contributed by atoms with Gasteiger partial charge in [0.15, 0.2) is 11.6 Å². The Morgan fingerprint density at radius 1 is 1.10 bits per heavy atom. The standard InChI is InChI=1S/C23H17F2NO5/c1-2-30-15-6-3-5-13(11-15)21(27)19-20(18-7-4-10-31-18)26(23(29)22(19)28)14-8-9-16(24)17(25)12-14/h3-12,20,27H,2H2,1H3/b21-19-. The SMILES string of the molecule is CCOc1cccc(/C(O)=C2/C(=O)C(=O)N(c3ccc(F)c(F)c3)C2c2ccco2)c1. The lowest BCUT2D eigenvalue weighted by Gasteiger charge is -2.23. The number of benzene rings is 2. The van der Waals surface area contributed by atoms with Gasteiger partial charge in [0.1, 0.15) is 23.3 Å². The van der Waals surface area contributed by atoms with E-state index in [-0.39, 0.29) is 22.6 Å². The number of rotatable bonds is 5. The predicted octanol–water partition coefficient (Wildman–Crippen LogP) is 4.58. The first kappa shape index (κ1) is 20.3. The molecule has 1 fully saturated rings. The first-order chi connectivity index (χ1) is 14.9. The number of ketones is 1. The lowest BCUT2D eigenvalue weighted by Crippen LogP contribution is -2.29. The van der Waals surface area contributed by atoms with E-state index in [1.807, 2.05) is 0 Å². The Balaban J connectivity index is 1.90. The summed E-state index contributed by atoms with van der Waals surface area (Å²) in [4.78, 5) is 26.8. The minimum Gasteiger partial charge on any atom is -0.507 e.